The Morgan fingerprint density at radius 1 is 1.12 bits per heavy atom. The van der Waals surface area contributed by atoms with Gasteiger partial charge in [0.1, 0.15) is 23.4 Å². The van der Waals surface area contributed by atoms with Crippen LogP contribution in [0, 0.1) is 17.1 Å². The molecule has 0 aliphatic heterocycles. The molecule has 0 radical (unpaired) electrons. The molecule has 0 bridgehead atoms. The summed E-state index contributed by atoms with van der Waals surface area (Å²) >= 11 is 2.86. The van der Waals surface area contributed by atoms with E-state index < -0.39 is 0 Å². The lowest BCUT2D eigenvalue weighted by Gasteiger charge is -1.96. The minimum absolute atomic E-state index is 0.292. The van der Waals surface area contributed by atoms with Gasteiger partial charge in [0.25, 0.3) is 0 Å². The van der Waals surface area contributed by atoms with Gasteiger partial charge in [-0.2, -0.15) is 5.26 Å². The molecule has 0 fully saturated rings. The number of halogens is 1. The second kappa shape index (κ2) is 7.16. The van der Waals surface area contributed by atoms with Crippen LogP contribution in [0.3, 0.4) is 0 Å². The summed E-state index contributed by atoms with van der Waals surface area (Å²) in [6.45, 7) is 0. The Labute approximate surface area is 157 Å². The Hall–Kier alpha value is -2.88. The smallest absolute Gasteiger partial charge is 0.156 e. The third-order valence-electron chi connectivity index (χ3n) is 3.61. The van der Waals surface area contributed by atoms with Crippen LogP contribution in [0.1, 0.15) is 5.76 Å². The first-order valence-corrected chi connectivity index (χ1v) is 9.35. The van der Waals surface area contributed by atoms with Crippen LogP contribution in [0.5, 0.6) is 0 Å². The molecule has 0 unspecified atom stereocenters. The Morgan fingerprint density at radius 3 is 2.69 bits per heavy atom. The Kier molecular flexibility index (Phi) is 4.57. The second-order valence-corrected chi connectivity index (χ2v) is 7.70. The lowest BCUT2D eigenvalue weighted by atomic mass is 10.2. The van der Waals surface area contributed by atoms with Crippen LogP contribution in [0.4, 0.5) is 4.39 Å². The van der Waals surface area contributed by atoms with Crippen molar-refractivity contribution in [2.24, 2.45) is 0 Å². The molecule has 0 saturated carbocycles. The summed E-state index contributed by atoms with van der Waals surface area (Å²) in [5, 5.41) is 9.43. The fourth-order valence-corrected chi connectivity index (χ4v) is 4.36. The zero-order chi connectivity index (χ0) is 17.9. The van der Waals surface area contributed by atoms with Crippen molar-refractivity contribution < 1.29 is 8.81 Å². The van der Waals surface area contributed by atoms with E-state index >= 15 is 0 Å². The standard InChI is InChI=1S/C20H11FN2OS2/c21-14-7-5-13(6-8-14)18-10-9-15(24-18)11-16(12-22)25-20-23-17-3-1-2-4-19(17)26-20/h1-11H/b16-11+. The molecule has 0 amide bonds. The lowest BCUT2D eigenvalue weighted by molar-refractivity contribution is 0.571. The highest BCUT2D eigenvalue weighted by molar-refractivity contribution is 8.05. The Balaban J connectivity index is 1.57. The Bertz CT molecular complexity index is 1100. The van der Waals surface area contributed by atoms with Gasteiger partial charge >= 0.3 is 0 Å². The first-order valence-electron chi connectivity index (χ1n) is 7.72. The highest BCUT2D eigenvalue weighted by Crippen LogP contribution is 2.34. The molecule has 126 valence electrons. The number of thiazole rings is 1. The van der Waals surface area contributed by atoms with Crippen molar-refractivity contribution >= 4 is 39.4 Å². The topological polar surface area (TPSA) is 49.8 Å². The van der Waals surface area contributed by atoms with Crippen LogP contribution < -0.4 is 0 Å². The van der Waals surface area contributed by atoms with Crippen LogP contribution in [0.15, 0.2) is 74.3 Å². The molecule has 4 rings (SSSR count). The second-order valence-electron chi connectivity index (χ2n) is 5.38. The van der Waals surface area contributed by atoms with E-state index in [-0.39, 0.29) is 5.82 Å². The molecule has 2 heterocycles. The van der Waals surface area contributed by atoms with Gasteiger partial charge in [0.05, 0.1) is 15.1 Å². The van der Waals surface area contributed by atoms with Crippen molar-refractivity contribution in [1.82, 2.24) is 4.98 Å². The number of benzene rings is 2. The van der Waals surface area contributed by atoms with Crippen LogP contribution in [-0.2, 0) is 0 Å². The molecule has 0 spiro atoms. The van der Waals surface area contributed by atoms with Crippen LogP contribution in [-0.4, -0.2) is 4.98 Å². The van der Waals surface area contributed by atoms with E-state index in [4.69, 9.17) is 4.42 Å². The molecule has 0 aliphatic carbocycles. The van der Waals surface area contributed by atoms with E-state index in [1.54, 1.807) is 41.7 Å². The van der Waals surface area contributed by atoms with Crippen LogP contribution >= 0.6 is 23.1 Å². The number of aromatic nitrogens is 1. The summed E-state index contributed by atoms with van der Waals surface area (Å²) in [5.41, 5.74) is 1.71. The quantitative estimate of drug-likeness (QED) is 0.306. The van der Waals surface area contributed by atoms with Gasteiger partial charge in [0.2, 0.25) is 0 Å². The number of para-hydroxylation sites is 1. The van der Waals surface area contributed by atoms with Crippen LogP contribution in [0.2, 0.25) is 0 Å². The highest BCUT2D eigenvalue weighted by Gasteiger charge is 2.09. The van der Waals surface area contributed by atoms with Gasteiger partial charge in [-0.1, -0.05) is 12.1 Å². The normalized spacial score (nSPS) is 11.6. The van der Waals surface area contributed by atoms with Gasteiger partial charge in [-0.05, 0) is 60.3 Å². The number of thioether (sulfide) groups is 1. The molecule has 3 nitrogen and oxygen atoms in total. The van der Waals surface area contributed by atoms with Gasteiger partial charge < -0.3 is 4.42 Å². The first kappa shape index (κ1) is 16.6. The zero-order valence-electron chi connectivity index (χ0n) is 13.3. The van der Waals surface area contributed by atoms with Gasteiger partial charge in [0.15, 0.2) is 4.34 Å². The summed E-state index contributed by atoms with van der Waals surface area (Å²) in [6, 6.07) is 19.7. The van der Waals surface area contributed by atoms with Crippen molar-refractivity contribution in [2.45, 2.75) is 4.34 Å². The number of hydrogen-bond donors (Lipinski definition) is 0. The van der Waals surface area contributed by atoms with Gasteiger partial charge in [0, 0.05) is 11.6 Å². The average Bonchev–Trinajstić information content (AvgIpc) is 3.28. The number of nitriles is 1. The molecule has 0 atom stereocenters. The molecule has 0 aliphatic rings. The van der Waals surface area contributed by atoms with E-state index in [0.717, 1.165) is 20.1 Å². The van der Waals surface area contributed by atoms with Crippen molar-refractivity contribution in [1.29, 1.82) is 5.26 Å². The fraction of sp³-hybridized carbons (Fsp3) is 0. The fourth-order valence-electron chi connectivity index (χ4n) is 2.40. The molecular formula is C20H11FN2OS2. The number of furan rings is 1. The van der Waals surface area contributed by atoms with Crippen molar-refractivity contribution in [2.75, 3.05) is 0 Å². The van der Waals surface area contributed by atoms with Gasteiger partial charge in [-0.3, -0.25) is 0 Å². The van der Waals surface area contributed by atoms with E-state index in [1.807, 2.05) is 24.3 Å². The largest absolute Gasteiger partial charge is 0.457 e. The minimum Gasteiger partial charge on any atom is -0.457 e. The number of hydrogen-bond acceptors (Lipinski definition) is 5. The summed E-state index contributed by atoms with van der Waals surface area (Å²) in [6.07, 6.45) is 1.68. The monoisotopic (exact) mass is 378 g/mol. The maximum Gasteiger partial charge on any atom is 0.156 e. The Morgan fingerprint density at radius 2 is 1.92 bits per heavy atom. The van der Waals surface area contributed by atoms with Gasteiger partial charge in [-0.25, -0.2) is 9.37 Å². The number of fused-ring (bicyclic) bond motifs is 1. The lowest BCUT2D eigenvalue weighted by Crippen LogP contribution is -1.76. The molecule has 2 aromatic carbocycles. The third kappa shape index (κ3) is 3.54. The van der Waals surface area contributed by atoms with E-state index in [9.17, 15) is 9.65 Å². The SMILES string of the molecule is N#C/C(=C\c1ccc(-c2ccc(F)cc2)o1)Sc1nc2ccccc2s1. The van der Waals surface area contributed by atoms with Gasteiger partial charge in [-0.15, -0.1) is 11.3 Å². The van der Waals surface area contributed by atoms with Crippen molar-refractivity contribution in [3.8, 4) is 17.4 Å². The van der Waals surface area contributed by atoms with E-state index in [1.165, 1.54) is 23.9 Å². The molecular weight excluding hydrogens is 367 g/mol. The number of rotatable bonds is 4. The summed E-state index contributed by atoms with van der Waals surface area (Å²) in [7, 11) is 0. The van der Waals surface area contributed by atoms with Crippen molar-refractivity contribution in [3.63, 3.8) is 0 Å². The molecule has 2 aromatic heterocycles. The maximum absolute atomic E-state index is 13.0. The molecule has 0 saturated heterocycles. The molecule has 0 N–H and O–H groups in total. The molecule has 4 aromatic rings. The number of nitrogens with zero attached hydrogens (tertiary/aromatic N) is 2. The summed E-state index contributed by atoms with van der Waals surface area (Å²) < 4.78 is 20.7. The predicted octanol–water partition coefficient (Wildman–Crippen LogP) is 6.35. The summed E-state index contributed by atoms with van der Waals surface area (Å²) in [4.78, 5) is 5.02. The minimum atomic E-state index is -0.292. The highest BCUT2D eigenvalue weighted by atomic mass is 32.2. The zero-order valence-corrected chi connectivity index (χ0v) is 15.0. The maximum atomic E-state index is 13.0. The molecule has 26 heavy (non-hydrogen) atoms. The van der Waals surface area contributed by atoms with Crippen molar-refractivity contribution in [3.05, 3.63) is 77.1 Å². The van der Waals surface area contributed by atoms with Crippen LogP contribution in [0.25, 0.3) is 27.6 Å². The van der Waals surface area contributed by atoms with E-state index in [0.29, 0.717) is 16.4 Å². The molecule has 6 heteroatoms. The third-order valence-corrected chi connectivity index (χ3v) is 5.64. The van der Waals surface area contributed by atoms with E-state index in [2.05, 4.69) is 11.1 Å². The predicted molar refractivity (Wildman–Crippen MR) is 103 cm³/mol. The summed E-state index contributed by atoms with van der Waals surface area (Å²) in [5.74, 6) is 0.896. The first-order chi connectivity index (χ1) is 12.7. The number of allylic oxidation sites excluding steroid dienone is 1. The average molecular weight is 378 g/mol.